The Morgan fingerprint density at radius 1 is 1.00 bits per heavy atom. The van der Waals surface area contributed by atoms with Gasteiger partial charge in [-0.25, -0.2) is 9.78 Å². The Labute approximate surface area is 176 Å². The lowest BCUT2D eigenvalue weighted by Crippen LogP contribution is -2.16. The van der Waals surface area contributed by atoms with Gasteiger partial charge in [-0.3, -0.25) is 5.32 Å². The highest BCUT2D eigenvalue weighted by atomic mass is 35.5. The summed E-state index contributed by atoms with van der Waals surface area (Å²) in [5.74, 6) is 1.53. The molecule has 0 spiro atoms. The molecule has 0 aliphatic carbocycles. The Morgan fingerprint density at radius 2 is 1.76 bits per heavy atom. The second-order valence-electron chi connectivity index (χ2n) is 6.11. The molecule has 0 bridgehead atoms. The fourth-order valence-corrected chi connectivity index (χ4v) is 3.42. The van der Waals surface area contributed by atoms with Crippen LogP contribution in [0.4, 0.5) is 10.5 Å². The Hall–Kier alpha value is -3.22. The van der Waals surface area contributed by atoms with Crippen LogP contribution in [0.3, 0.4) is 0 Å². The highest BCUT2D eigenvalue weighted by Gasteiger charge is 2.14. The number of anilines is 1. The van der Waals surface area contributed by atoms with E-state index in [1.807, 2.05) is 0 Å². The fourth-order valence-electron chi connectivity index (χ4n) is 2.85. The number of methoxy groups -OCH3 is 1. The fraction of sp³-hybridized carbons (Fsp3) is 0.0476. The lowest BCUT2D eigenvalue weighted by atomic mass is 10.2. The second kappa shape index (κ2) is 8.03. The summed E-state index contributed by atoms with van der Waals surface area (Å²) in [6.45, 7) is 0. The van der Waals surface area contributed by atoms with Gasteiger partial charge < -0.3 is 14.5 Å². The minimum absolute atomic E-state index is 0.360. The summed E-state index contributed by atoms with van der Waals surface area (Å²) < 4.78 is 10.5. The van der Waals surface area contributed by atoms with E-state index in [0.29, 0.717) is 49.7 Å². The van der Waals surface area contributed by atoms with Gasteiger partial charge in [0.15, 0.2) is 0 Å². The molecule has 0 atom stereocenters. The van der Waals surface area contributed by atoms with Crippen LogP contribution in [0.5, 0.6) is 11.5 Å². The third kappa shape index (κ3) is 4.13. The molecule has 1 heterocycles. The predicted octanol–water partition coefficient (Wildman–Crippen LogP) is 6.16. The average Bonchev–Trinajstić information content (AvgIpc) is 3.10. The maximum Gasteiger partial charge on any atom is 0.417 e. The summed E-state index contributed by atoms with van der Waals surface area (Å²) in [6.07, 6.45) is -0.619. The maximum atomic E-state index is 12.2. The Balaban J connectivity index is 1.55. The van der Waals surface area contributed by atoms with E-state index in [4.69, 9.17) is 32.7 Å². The normalized spacial score (nSPS) is 10.7. The van der Waals surface area contributed by atoms with Crippen LogP contribution in [-0.4, -0.2) is 23.2 Å². The summed E-state index contributed by atoms with van der Waals surface area (Å²) in [5, 5.41) is 3.64. The maximum absolute atomic E-state index is 12.2. The van der Waals surface area contributed by atoms with Crippen LogP contribution in [-0.2, 0) is 0 Å². The van der Waals surface area contributed by atoms with Gasteiger partial charge in [0, 0.05) is 17.8 Å². The number of aromatic nitrogens is 2. The Kier molecular flexibility index (Phi) is 5.29. The van der Waals surface area contributed by atoms with E-state index < -0.39 is 6.09 Å². The van der Waals surface area contributed by atoms with Crippen LogP contribution in [0.1, 0.15) is 0 Å². The van der Waals surface area contributed by atoms with Crippen molar-refractivity contribution in [1.29, 1.82) is 0 Å². The molecule has 0 saturated carbocycles. The molecule has 0 fully saturated rings. The van der Waals surface area contributed by atoms with E-state index in [2.05, 4.69) is 15.3 Å². The van der Waals surface area contributed by atoms with Crippen molar-refractivity contribution in [3.8, 4) is 22.9 Å². The molecule has 0 aliphatic heterocycles. The number of nitrogens with zero attached hydrogens (tertiary/aromatic N) is 1. The number of carbonyl (C=O) groups excluding carboxylic acids is 1. The van der Waals surface area contributed by atoms with Crippen LogP contribution in [0.15, 0.2) is 60.7 Å². The van der Waals surface area contributed by atoms with Gasteiger partial charge in [0.2, 0.25) is 0 Å². The molecule has 0 aliphatic rings. The number of H-pyrrole nitrogens is 1. The van der Waals surface area contributed by atoms with Gasteiger partial charge >= 0.3 is 6.09 Å². The first-order valence-electron chi connectivity index (χ1n) is 8.60. The highest BCUT2D eigenvalue weighted by molar-refractivity contribution is 6.39. The minimum Gasteiger partial charge on any atom is -0.497 e. The van der Waals surface area contributed by atoms with Crippen LogP contribution < -0.4 is 14.8 Å². The summed E-state index contributed by atoms with van der Waals surface area (Å²) in [5.41, 5.74) is 2.55. The van der Waals surface area contributed by atoms with Crippen molar-refractivity contribution in [2.45, 2.75) is 0 Å². The molecule has 0 radical (unpaired) electrons. The number of fused-ring (bicyclic) bond motifs is 1. The summed E-state index contributed by atoms with van der Waals surface area (Å²) in [4.78, 5) is 19.9. The SMILES string of the molecule is COc1cccc(NC(=O)Oc2ccc3nc(-c4c(Cl)cccc4Cl)[nH]c3c2)c1. The number of ether oxygens (including phenoxy) is 2. The van der Waals surface area contributed by atoms with Gasteiger partial charge in [0.05, 0.1) is 33.8 Å². The van der Waals surface area contributed by atoms with Crippen LogP contribution >= 0.6 is 23.2 Å². The highest BCUT2D eigenvalue weighted by Crippen LogP contribution is 2.34. The molecule has 0 unspecified atom stereocenters. The third-order valence-corrected chi connectivity index (χ3v) is 4.81. The largest absolute Gasteiger partial charge is 0.497 e. The zero-order chi connectivity index (χ0) is 20.4. The van der Waals surface area contributed by atoms with Crippen molar-refractivity contribution in [2.75, 3.05) is 12.4 Å². The first-order valence-corrected chi connectivity index (χ1v) is 9.36. The number of imidazole rings is 1. The second-order valence-corrected chi connectivity index (χ2v) is 6.92. The number of nitrogens with one attached hydrogen (secondary N) is 2. The number of rotatable bonds is 4. The number of hydrogen-bond acceptors (Lipinski definition) is 4. The smallest absolute Gasteiger partial charge is 0.417 e. The zero-order valence-electron chi connectivity index (χ0n) is 15.2. The lowest BCUT2D eigenvalue weighted by molar-refractivity contribution is 0.215. The summed E-state index contributed by atoms with van der Waals surface area (Å²) in [7, 11) is 1.56. The molecular weight excluding hydrogens is 413 g/mol. The molecule has 6 nitrogen and oxygen atoms in total. The van der Waals surface area contributed by atoms with E-state index in [-0.39, 0.29) is 0 Å². The molecule has 146 valence electrons. The molecule has 1 amide bonds. The summed E-state index contributed by atoms with van der Waals surface area (Å²) >= 11 is 12.5. The van der Waals surface area contributed by atoms with E-state index in [9.17, 15) is 4.79 Å². The zero-order valence-corrected chi connectivity index (χ0v) is 16.7. The van der Waals surface area contributed by atoms with Gasteiger partial charge in [-0.05, 0) is 36.4 Å². The standard InChI is InChI=1S/C21H15Cl2N3O3/c1-28-13-5-2-4-12(10-13)24-21(27)29-14-8-9-17-18(11-14)26-20(25-17)19-15(22)6-3-7-16(19)23/h2-11H,1H3,(H,24,27)(H,25,26). The van der Waals surface area contributed by atoms with Crippen LogP contribution in [0.2, 0.25) is 10.0 Å². The van der Waals surface area contributed by atoms with Crippen molar-refractivity contribution in [2.24, 2.45) is 0 Å². The monoisotopic (exact) mass is 427 g/mol. The predicted molar refractivity (Wildman–Crippen MR) is 114 cm³/mol. The molecule has 0 saturated heterocycles. The van der Waals surface area contributed by atoms with Crippen molar-refractivity contribution >= 4 is 46.0 Å². The van der Waals surface area contributed by atoms with Gasteiger partial charge in [0.1, 0.15) is 17.3 Å². The topological polar surface area (TPSA) is 76.2 Å². The van der Waals surface area contributed by atoms with Crippen molar-refractivity contribution < 1.29 is 14.3 Å². The van der Waals surface area contributed by atoms with Gasteiger partial charge in [-0.15, -0.1) is 0 Å². The molecule has 1 aromatic heterocycles. The number of amides is 1. The van der Waals surface area contributed by atoms with Crippen molar-refractivity contribution in [3.63, 3.8) is 0 Å². The number of benzene rings is 3. The lowest BCUT2D eigenvalue weighted by Gasteiger charge is -2.07. The van der Waals surface area contributed by atoms with Gasteiger partial charge in [-0.2, -0.15) is 0 Å². The number of aromatic amines is 1. The number of halogens is 2. The van der Waals surface area contributed by atoms with Crippen molar-refractivity contribution in [3.05, 3.63) is 70.7 Å². The molecule has 8 heteroatoms. The molecular formula is C21H15Cl2N3O3. The number of carbonyl (C=O) groups is 1. The van der Waals surface area contributed by atoms with Gasteiger partial charge in [0.25, 0.3) is 0 Å². The van der Waals surface area contributed by atoms with Crippen LogP contribution in [0, 0.1) is 0 Å². The third-order valence-electron chi connectivity index (χ3n) is 4.18. The van der Waals surface area contributed by atoms with Crippen LogP contribution in [0.25, 0.3) is 22.4 Å². The van der Waals surface area contributed by atoms with Gasteiger partial charge in [-0.1, -0.05) is 35.3 Å². The minimum atomic E-state index is -0.619. The average molecular weight is 428 g/mol. The number of hydrogen-bond donors (Lipinski definition) is 2. The molecule has 4 rings (SSSR count). The van der Waals surface area contributed by atoms with E-state index in [1.165, 1.54) is 0 Å². The van der Waals surface area contributed by atoms with E-state index >= 15 is 0 Å². The molecule has 3 aromatic carbocycles. The van der Waals surface area contributed by atoms with E-state index in [1.54, 1.807) is 67.8 Å². The molecule has 2 N–H and O–H groups in total. The first kappa shape index (κ1) is 19.1. The van der Waals surface area contributed by atoms with Crippen molar-refractivity contribution in [1.82, 2.24) is 9.97 Å². The molecule has 4 aromatic rings. The van der Waals surface area contributed by atoms with E-state index in [0.717, 1.165) is 0 Å². The Bertz CT molecular complexity index is 1190. The Morgan fingerprint density at radius 3 is 2.52 bits per heavy atom. The quantitative estimate of drug-likeness (QED) is 0.409. The summed E-state index contributed by atoms with van der Waals surface area (Å²) in [6, 6.07) is 17.3. The molecule has 29 heavy (non-hydrogen) atoms. The first-order chi connectivity index (χ1) is 14.0.